The minimum Gasteiger partial charge on any atom is -0.491 e. The lowest BCUT2D eigenvalue weighted by Crippen LogP contribution is -2.14. The minimum absolute atomic E-state index is 0.293. The predicted octanol–water partition coefficient (Wildman–Crippen LogP) is 4.16. The average molecular weight is 426 g/mol. The fraction of sp³-hybridized carbons (Fsp3) is 0.286. The van der Waals surface area contributed by atoms with Crippen molar-refractivity contribution in [2.75, 3.05) is 25.6 Å². The van der Waals surface area contributed by atoms with Crippen molar-refractivity contribution in [3.05, 3.63) is 36.5 Å². The summed E-state index contributed by atoms with van der Waals surface area (Å²) in [5, 5.41) is 11.3. The van der Waals surface area contributed by atoms with Crippen LogP contribution in [0.3, 0.4) is 0 Å². The van der Waals surface area contributed by atoms with Crippen LogP contribution in [0.4, 0.5) is 9.52 Å². The van der Waals surface area contributed by atoms with Gasteiger partial charge in [-0.15, -0.1) is 0 Å². The molecule has 1 fully saturated rings. The first-order valence-corrected chi connectivity index (χ1v) is 10.4. The number of nitrogens with zero attached hydrogens (tertiary/aromatic N) is 2. The number of H-pyrrole nitrogens is 1. The fourth-order valence-corrected chi connectivity index (χ4v) is 4.33. The highest BCUT2D eigenvalue weighted by molar-refractivity contribution is 7.22. The number of benzene rings is 2. The van der Waals surface area contributed by atoms with Gasteiger partial charge >= 0.3 is 0 Å². The van der Waals surface area contributed by atoms with E-state index in [0.29, 0.717) is 24.8 Å². The van der Waals surface area contributed by atoms with Gasteiger partial charge in [0.15, 0.2) is 5.13 Å². The minimum atomic E-state index is -1.03. The van der Waals surface area contributed by atoms with E-state index in [9.17, 15) is 9.18 Å². The van der Waals surface area contributed by atoms with Gasteiger partial charge in [0.05, 0.1) is 34.5 Å². The number of hydrogen-bond donors (Lipinski definition) is 2. The molecule has 1 aliphatic rings. The maximum atomic E-state index is 13.1. The first-order chi connectivity index (χ1) is 14.6. The first-order valence-electron chi connectivity index (χ1n) is 9.58. The Morgan fingerprint density at radius 1 is 1.33 bits per heavy atom. The molecule has 0 aliphatic heterocycles. The number of nitrogens with one attached hydrogen (secondary N) is 2. The zero-order valence-electron chi connectivity index (χ0n) is 16.1. The number of methoxy groups -OCH3 is 1. The molecule has 4 aromatic rings. The number of ether oxygens (including phenoxy) is 2. The number of thiazole rings is 1. The highest BCUT2D eigenvalue weighted by atomic mass is 32.1. The van der Waals surface area contributed by atoms with Crippen LogP contribution in [-0.2, 0) is 9.53 Å². The second-order valence-electron chi connectivity index (χ2n) is 7.16. The van der Waals surface area contributed by atoms with Crippen molar-refractivity contribution in [3.63, 3.8) is 0 Å². The largest absolute Gasteiger partial charge is 0.491 e. The van der Waals surface area contributed by atoms with Crippen molar-refractivity contribution in [3.8, 4) is 16.9 Å². The number of amides is 1. The Bertz CT molecular complexity index is 1240. The summed E-state index contributed by atoms with van der Waals surface area (Å²) in [5.41, 5.74) is 3.56. The van der Waals surface area contributed by atoms with E-state index >= 15 is 0 Å². The van der Waals surface area contributed by atoms with Crippen LogP contribution in [-0.4, -0.2) is 47.6 Å². The molecule has 154 valence electrons. The molecule has 2 aromatic carbocycles. The molecular formula is C21H19FN4O3S. The van der Waals surface area contributed by atoms with E-state index in [4.69, 9.17) is 9.47 Å². The molecule has 0 bridgehead atoms. The fourth-order valence-electron chi connectivity index (χ4n) is 3.42. The Morgan fingerprint density at radius 3 is 3.00 bits per heavy atom. The third-order valence-corrected chi connectivity index (χ3v) is 6.02. The van der Waals surface area contributed by atoms with Gasteiger partial charge in [0.2, 0.25) is 5.91 Å². The van der Waals surface area contributed by atoms with Crippen LogP contribution in [0.2, 0.25) is 0 Å². The number of carbonyl (C=O) groups excluding carboxylic acids is 1. The zero-order chi connectivity index (χ0) is 20.7. The van der Waals surface area contributed by atoms with Gasteiger partial charge in [-0.05, 0) is 36.2 Å². The third kappa shape index (κ3) is 3.50. The highest BCUT2D eigenvalue weighted by Crippen LogP contribution is 2.40. The van der Waals surface area contributed by atoms with Crippen LogP contribution >= 0.6 is 11.3 Å². The maximum Gasteiger partial charge on any atom is 0.232 e. The summed E-state index contributed by atoms with van der Waals surface area (Å²) in [6.07, 6.45) is 1.04. The molecule has 1 aliphatic carbocycles. The van der Waals surface area contributed by atoms with Crippen LogP contribution in [0.15, 0.2) is 36.5 Å². The number of rotatable bonds is 7. The summed E-state index contributed by atoms with van der Waals surface area (Å²) in [4.78, 5) is 16.5. The highest BCUT2D eigenvalue weighted by Gasteiger charge is 2.43. The number of carbonyl (C=O) groups is 1. The van der Waals surface area contributed by atoms with Crippen molar-refractivity contribution < 1.29 is 18.7 Å². The lowest BCUT2D eigenvalue weighted by atomic mass is 10.0. The summed E-state index contributed by atoms with van der Waals surface area (Å²) in [5.74, 6) is -0.113. The lowest BCUT2D eigenvalue weighted by molar-refractivity contribution is -0.117. The summed E-state index contributed by atoms with van der Waals surface area (Å²) in [6.45, 7) is 0.920. The third-order valence-electron chi connectivity index (χ3n) is 5.09. The van der Waals surface area contributed by atoms with Crippen molar-refractivity contribution in [2.24, 2.45) is 5.92 Å². The molecule has 0 unspecified atom stereocenters. The summed E-state index contributed by atoms with van der Waals surface area (Å²) in [6, 6.07) is 9.74. The molecule has 1 amide bonds. The molecule has 2 atom stereocenters. The van der Waals surface area contributed by atoms with Crippen molar-refractivity contribution in [1.82, 2.24) is 15.2 Å². The van der Waals surface area contributed by atoms with Crippen LogP contribution in [0.1, 0.15) is 6.42 Å². The van der Waals surface area contributed by atoms with Gasteiger partial charge in [-0.2, -0.15) is 5.10 Å². The van der Waals surface area contributed by atoms with Gasteiger partial charge in [0.1, 0.15) is 18.5 Å². The second-order valence-corrected chi connectivity index (χ2v) is 8.19. The van der Waals surface area contributed by atoms with Gasteiger partial charge < -0.3 is 14.8 Å². The average Bonchev–Trinajstić information content (AvgIpc) is 3.13. The van der Waals surface area contributed by atoms with E-state index in [0.717, 1.165) is 38.0 Å². The Labute approximate surface area is 175 Å². The molecule has 0 spiro atoms. The quantitative estimate of drug-likeness (QED) is 0.433. The summed E-state index contributed by atoms with van der Waals surface area (Å²) in [7, 11) is 1.63. The molecule has 2 aromatic heterocycles. The molecule has 30 heavy (non-hydrogen) atoms. The van der Waals surface area contributed by atoms with E-state index in [1.165, 1.54) is 11.3 Å². The lowest BCUT2D eigenvalue weighted by Gasteiger charge is -2.12. The second kappa shape index (κ2) is 7.66. The topological polar surface area (TPSA) is 89.1 Å². The summed E-state index contributed by atoms with van der Waals surface area (Å²) >= 11 is 1.37. The monoisotopic (exact) mass is 426 g/mol. The standard InChI is InChI=1S/C21H19FN4O3S/c1-28-6-7-29-17-5-4-15-13(10-23-26-15)19(17)11-2-3-16-18(8-11)30-21(24-16)25-20(27)12-9-14(12)22/h2-5,8,10,12,14H,6-7,9H2,1H3,(H,23,26)(H,24,25,27)/t12-,14+/m1/s1. The van der Waals surface area contributed by atoms with Crippen LogP contribution in [0.25, 0.3) is 32.2 Å². The van der Waals surface area contributed by atoms with Crippen LogP contribution in [0.5, 0.6) is 5.75 Å². The Hall–Kier alpha value is -3.04. The SMILES string of the molecule is COCCOc1ccc2[nH]ncc2c1-c1ccc2nc(NC(=O)[C@@H]3C[C@@H]3F)sc2c1. The van der Waals surface area contributed by atoms with Gasteiger partial charge in [-0.25, -0.2) is 9.37 Å². The van der Waals surface area contributed by atoms with Gasteiger partial charge in [0.25, 0.3) is 0 Å². The molecule has 2 N–H and O–H groups in total. The Kier molecular flexibility index (Phi) is 4.84. The van der Waals surface area contributed by atoms with Gasteiger partial charge in [-0.1, -0.05) is 17.4 Å². The van der Waals surface area contributed by atoms with E-state index < -0.39 is 12.1 Å². The number of fused-ring (bicyclic) bond motifs is 2. The summed E-state index contributed by atoms with van der Waals surface area (Å²) < 4.78 is 25.1. The molecule has 1 saturated carbocycles. The van der Waals surface area contributed by atoms with Crippen molar-refractivity contribution in [1.29, 1.82) is 0 Å². The van der Waals surface area contributed by atoms with Crippen LogP contribution < -0.4 is 10.1 Å². The number of hydrogen-bond acceptors (Lipinski definition) is 6. The Balaban J connectivity index is 1.51. The molecular weight excluding hydrogens is 407 g/mol. The normalized spacial score (nSPS) is 18.1. The molecule has 0 saturated heterocycles. The van der Waals surface area contributed by atoms with Gasteiger partial charge in [0, 0.05) is 18.1 Å². The van der Waals surface area contributed by atoms with E-state index in [1.54, 1.807) is 13.3 Å². The molecule has 9 heteroatoms. The van der Waals surface area contributed by atoms with E-state index in [1.807, 2.05) is 30.3 Å². The zero-order valence-corrected chi connectivity index (χ0v) is 17.0. The number of aromatic nitrogens is 3. The van der Waals surface area contributed by atoms with Crippen LogP contribution in [0, 0.1) is 5.92 Å². The predicted molar refractivity (Wildman–Crippen MR) is 114 cm³/mol. The number of aromatic amines is 1. The van der Waals surface area contributed by atoms with Crippen molar-refractivity contribution >= 4 is 43.5 Å². The smallest absolute Gasteiger partial charge is 0.232 e. The first kappa shape index (κ1) is 19.0. The Morgan fingerprint density at radius 2 is 2.20 bits per heavy atom. The van der Waals surface area contributed by atoms with Crippen molar-refractivity contribution in [2.45, 2.75) is 12.6 Å². The molecule has 7 nitrogen and oxygen atoms in total. The van der Waals surface area contributed by atoms with E-state index in [2.05, 4.69) is 20.5 Å². The maximum absolute atomic E-state index is 13.1. The van der Waals surface area contributed by atoms with Gasteiger partial charge in [-0.3, -0.25) is 9.89 Å². The van der Waals surface area contributed by atoms with E-state index in [-0.39, 0.29) is 5.91 Å². The molecule has 5 rings (SSSR count). The number of halogens is 1. The number of anilines is 1. The molecule has 0 radical (unpaired) electrons. The number of alkyl halides is 1. The molecule has 2 heterocycles.